The summed E-state index contributed by atoms with van der Waals surface area (Å²) in [7, 11) is 0. The highest BCUT2D eigenvalue weighted by molar-refractivity contribution is 9.10. The summed E-state index contributed by atoms with van der Waals surface area (Å²) in [4.78, 5) is 4.52. The van der Waals surface area contributed by atoms with Crippen LogP contribution in [0.25, 0.3) is 5.52 Å². The van der Waals surface area contributed by atoms with Crippen molar-refractivity contribution in [3.05, 3.63) is 28.8 Å². The molecule has 0 aromatic carbocycles. The largest absolute Gasteiger partial charge is 0.508 e. The van der Waals surface area contributed by atoms with Crippen molar-refractivity contribution in [1.82, 2.24) is 14.7 Å². The van der Waals surface area contributed by atoms with Gasteiger partial charge in [-0.1, -0.05) is 0 Å². The summed E-state index contributed by atoms with van der Waals surface area (Å²) in [6.07, 6.45) is 4.17. The molecule has 0 amide bonds. The van der Waals surface area contributed by atoms with Crippen LogP contribution in [0.15, 0.2) is 22.9 Å². The van der Waals surface area contributed by atoms with E-state index >= 15 is 0 Å². The van der Waals surface area contributed by atoms with E-state index in [1.807, 2.05) is 10.6 Å². The Morgan fingerprint density at radius 3 is 3.19 bits per heavy atom. The molecule has 0 aliphatic carbocycles. The van der Waals surface area contributed by atoms with Crippen LogP contribution in [0.1, 0.15) is 24.7 Å². The van der Waals surface area contributed by atoms with E-state index in [1.54, 1.807) is 12.1 Å². The molecule has 1 aliphatic heterocycles. The van der Waals surface area contributed by atoms with Gasteiger partial charge in [-0.05, 0) is 41.4 Å². The van der Waals surface area contributed by atoms with Gasteiger partial charge in [0.1, 0.15) is 16.2 Å². The van der Waals surface area contributed by atoms with Crippen molar-refractivity contribution in [3.63, 3.8) is 0 Å². The Bertz CT molecular complexity index is 531. The molecule has 16 heavy (non-hydrogen) atoms. The summed E-state index contributed by atoms with van der Waals surface area (Å²) in [5.41, 5.74) is 0.906. The average Bonchev–Trinajstić information content (AvgIpc) is 2.87. The van der Waals surface area contributed by atoms with Crippen LogP contribution < -0.4 is 5.32 Å². The molecule has 2 aromatic heterocycles. The predicted octanol–water partition coefficient (Wildman–Crippen LogP) is 2.23. The minimum Gasteiger partial charge on any atom is -0.508 e. The number of aromatic hydroxyl groups is 1. The molecule has 0 radical (unpaired) electrons. The van der Waals surface area contributed by atoms with E-state index in [-0.39, 0.29) is 5.75 Å². The fourth-order valence-electron chi connectivity index (χ4n) is 2.21. The number of nitrogens with one attached hydrogen (secondary N) is 1. The summed E-state index contributed by atoms with van der Waals surface area (Å²) in [5.74, 6) is 1.28. The van der Waals surface area contributed by atoms with Gasteiger partial charge in [-0.3, -0.25) is 0 Å². The first-order valence-electron chi connectivity index (χ1n) is 5.35. The van der Waals surface area contributed by atoms with Crippen molar-refractivity contribution >= 4 is 21.4 Å². The first-order valence-corrected chi connectivity index (χ1v) is 6.15. The minimum atomic E-state index is 0.263. The van der Waals surface area contributed by atoms with Gasteiger partial charge in [-0.2, -0.15) is 0 Å². The van der Waals surface area contributed by atoms with Gasteiger partial charge >= 0.3 is 0 Å². The van der Waals surface area contributed by atoms with Crippen LogP contribution in [-0.4, -0.2) is 21.0 Å². The maximum Gasteiger partial charge on any atom is 0.132 e. The van der Waals surface area contributed by atoms with Crippen LogP contribution in [0.3, 0.4) is 0 Å². The van der Waals surface area contributed by atoms with E-state index in [0.717, 1.165) is 28.9 Å². The standard InChI is InChI=1S/C11H12BrN3O/c12-10-9-6-7(16)3-5-15(9)11(14-10)8-2-1-4-13-8/h3,5-6,8,13,16H,1-2,4H2. The molecular formula is C11H12BrN3O. The topological polar surface area (TPSA) is 49.6 Å². The lowest BCUT2D eigenvalue weighted by Crippen LogP contribution is -2.15. The van der Waals surface area contributed by atoms with E-state index < -0.39 is 0 Å². The molecule has 1 atom stereocenters. The first kappa shape index (κ1) is 10.1. The van der Waals surface area contributed by atoms with Gasteiger partial charge in [0, 0.05) is 12.3 Å². The number of imidazole rings is 1. The Morgan fingerprint density at radius 2 is 2.44 bits per heavy atom. The molecule has 5 heteroatoms. The maximum atomic E-state index is 9.45. The summed E-state index contributed by atoms with van der Waals surface area (Å²) >= 11 is 3.43. The zero-order valence-electron chi connectivity index (χ0n) is 8.65. The fraction of sp³-hybridized carbons (Fsp3) is 0.364. The Kier molecular flexibility index (Phi) is 2.37. The second-order valence-corrected chi connectivity index (χ2v) is 4.80. The molecule has 0 spiro atoms. The number of pyridine rings is 1. The highest BCUT2D eigenvalue weighted by Gasteiger charge is 2.22. The Morgan fingerprint density at radius 1 is 1.56 bits per heavy atom. The van der Waals surface area contributed by atoms with Gasteiger partial charge in [-0.15, -0.1) is 0 Å². The minimum absolute atomic E-state index is 0.263. The lowest BCUT2D eigenvalue weighted by molar-refractivity contribution is 0.475. The average molecular weight is 282 g/mol. The lowest BCUT2D eigenvalue weighted by Gasteiger charge is -2.08. The van der Waals surface area contributed by atoms with Crippen molar-refractivity contribution in [3.8, 4) is 5.75 Å². The number of hydrogen-bond acceptors (Lipinski definition) is 3. The van der Waals surface area contributed by atoms with Gasteiger partial charge < -0.3 is 14.8 Å². The van der Waals surface area contributed by atoms with Gasteiger partial charge in [0.2, 0.25) is 0 Å². The number of rotatable bonds is 1. The van der Waals surface area contributed by atoms with Crippen molar-refractivity contribution in [2.24, 2.45) is 0 Å². The predicted molar refractivity (Wildman–Crippen MR) is 64.5 cm³/mol. The van der Waals surface area contributed by atoms with Gasteiger partial charge in [-0.25, -0.2) is 4.98 Å². The molecule has 84 valence electrons. The first-order chi connectivity index (χ1) is 7.75. The molecule has 2 N–H and O–H groups in total. The number of aromatic nitrogens is 2. The summed E-state index contributed by atoms with van der Waals surface area (Å²) in [5, 5.41) is 12.9. The molecular weight excluding hydrogens is 270 g/mol. The van der Waals surface area contributed by atoms with Crippen LogP contribution in [0, 0.1) is 0 Å². The third-order valence-corrected chi connectivity index (χ3v) is 3.56. The molecule has 0 bridgehead atoms. The van der Waals surface area contributed by atoms with Gasteiger partial charge in [0.25, 0.3) is 0 Å². The molecule has 1 saturated heterocycles. The van der Waals surface area contributed by atoms with Crippen molar-refractivity contribution in [2.45, 2.75) is 18.9 Å². The molecule has 0 saturated carbocycles. The third-order valence-electron chi connectivity index (χ3n) is 2.98. The molecule has 3 rings (SSSR count). The molecule has 3 heterocycles. The molecule has 1 fully saturated rings. The smallest absolute Gasteiger partial charge is 0.132 e. The number of fused-ring (bicyclic) bond motifs is 1. The number of hydrogen-bond donors (Lipinski definition) is 2. The van der Waals surface area contributed by atoms with E-state index in [4.69, 9.17) is 0 Å². The van der Waals surface area contributed by atoms with E-state index in [0.29, 0.717) is 6.04 Å². The monoisotopic (exact) mass is 281 g/mol. The van der Waals surface area contributed by atoms with Crippen molar-refractivity contribution < 1.29 is 5.11 Å². The highest BCUT2D eigenvalue weighted by atomic mass is 79.9. The van der Waals surface area contributed by atoms with Gasteiger partial charge in [0.05, 0.1) is 11.6 Å². The number of nitrogens with zero attached hydrogens (tertiary/aromatic N) is 2. The third kappa shape index (κ3) is 1.51. The molecule has 1 unspecified atom stereocenters. The van der Waals surface area contributed by atoms with Crippen molar-refractivity contribution in [2.75, 3.05) is 6.54 Å². The summed E-state index contributed by atoms with van der Waals surface area (Å²) in [6, 6.07) is 3.72. The van der Waals surface area contributed by atoms with Crippen LogP contribution in [0.4, 0.5) is 0 Å². The summed E-state index contributed by atoms with van der Waals surface area (Å²) < 4.78 is 2.80. The normalized spacial score (nSPS) is 20.7. The van der Waals surface area contributed by atoms with Gasteiger partial charge in [0.15, 0.2) is 0 Å². The Labute approximate surface area is 101 Å². The quantitative estimate of drug-likeness (QED) is 0.843. The van der Waals surface area contributed by atoms with Crippen LogP contribution in [-0.2, 0) is 0 Å². The van der Waals surface area contributed by atoms with Crippen LogP contribution in [0.2, 0.25) is 0 Å². The zero-order chi connectivity index (χ0) is 11.1. The maximum absolute atomic E-state index is 9.45. The SMILES string of the molecule is Oc1ccn2c(C3CCCN3)nc(Br)c2c1. The van der Waals surface area contributed by atoms with Crippen LogP contribution in [0.5, 0.6) is 5.75 Å². The molecule has 2 aromatic rings. The van der Waals surface area contributed by atoms with Crippen LogP contribution >= 0.6 is 15.9 Å². The van der Waals surface area contributed by atoms with E-state index in [1.165, 1.54) is 6.42 Å². The molecule has 1 aliphatic rings. The van der Waals surface area contributed by atoms with E-state index in [9.17, 15) is 5.11 Å². The zero-order valence-corrected chi connectivity index (χ0v) is 10.2. The fourth-order valence-corrected chi connectivity index (χ4v) is 2.70. The Balaban J connectivity index is 2.18. The highest BCUT2D eigenvalue weighted by Crippen LogP contribution is 2.28. The number of halogens is 1. The second kappa shape index (κ2) is 3.75. The summed E-state index contributed by atoms with van der Waals surface area (Å²) in [6.45, 7) is 1.05. The molecule has 4 nitrogen and oxygen atoms in total. The lowest BCUT2D eigenvalue weighted by atomic mass is 10.2. The Hall–Kier alpha value is -1.07. The second-order valence-electron chi connectivity index (χ2n) is 4.05. The van der Waals surface area contributed by atoms with E-state index in [2.05, 4.69) is 26.2 Å². The van der Waals surface area contributed by atoms with Crippen molar-refractivity contribution in [1.29, 1.82) is 0 Å².